The number of aliphatic carboxylic acids is 2. The molecule has 0 saturated heterocycles. The average molecular weight is 247 g/mol. The zero-order valence-electron chi connectivity index (χ0n) is 9.75. The molecule has 0 spiro atoms. The minimum absolute atomic E-state index is 0.601. The first kappa shape index (κ1) is 12.2. The van der Waals surface area contributed by atoms with Crippen LogP contribution in [0.4, 0.5) is 0 Å². The first-order valence-corrected chi connectivity index (χ1v) is 5.54. The standard InChI is InChI=1S/C13H13NO4/c1-7(11(12(15)16)13(17)18)9-6-14-10-5-3-2-4-8(9)10/h2-7,11,14H,1H3,(H,15,16)(H,17,18). The van der Waals surface area contributed by atoms with Gasteiger partial charge in [0.1, 0.15) is 0 Å². The van der Waals surface area contributed by atoms with Crippen LogP contribution < -0.4 is 0 Å². The van der Waals surface area contributed by atoms with Crippen LogP contribution in [0.5, 0.6) is 0 Å². The highest BCUT2D eigenvalue weighted by atomic mass is 16.4. The van der Waals surface area contributed by atoms with Crippen LogP contribution in [0, 0.1) is 5.92 Å². The number of rotatable bonds is 4. The van der Waals surface area contributed by atoms with Crippen molar-refractivity contribution in [1.29, 1.82) is 0 Å². The first-order valence-electron chi connectivity index (χ1n) is 5.54. The number of fused-ring (bicyclic) bond motifs is 1. The van der Waals surface area contributed by atoms with Crippen molar-refractivity contribution in [3.05, 3.63) is 36.0 Å². The molecule has 1 unspecified atom stereocenters. The van der Waals surface area contributed by atoms with Crippen LogP contribution in [0.2, 0.25) is 0 Å². The molecule has 0 bridgehead atoms. The quantitative estimate of drug-likeness (QED) is 0.721. The number of carbonyl (C=O) groups is 2. The summed E-state index contributed by atoms with van der Waals surface area (Å²) in [4.78, 5) is 25.1. The minimum atomic E-state index is -1.44. The lowest BCUT2D eigenvalue weighted by atomic mass is 9.87. The third kappa shape index (κ3) is 1.95. The predicted molar refractivity (Wildman–Crippen MR) is 65.5 cm³/mol. The van der Waals surface area contributed by atoms with Crippen molar-refractivity contribution in [2.45, 2.75) is 12.8 Å². The van der Waals surface area contributed by atoms with Crippen molar-refractivity contribution in [3.63, 3.8) is 0 Å². The maximum absolute atomic E-state index is 11.0. The molecular weight excluding hydrogens is 234 g/mol. The molecule has 1 aromatic carbocycles. The highest BCUT2D eigenvalue weighted by Gasteiger charge is 2.34. The van der Waals surface area contributed by atoms with Crippen molar-refractivity contribution < 1.29 is 19.8 Å². The van der Waals surface area contributed by atoms with Crippen molar-refractivity contribution in [1.82, 2.24) is 4.98 Å². The molecule has 3 N–H and O–H groups in total. The molecule has 5 heteroatoms. The fraction of sp³-hybridized carbons (Fsp3) is 0.231. The van der Waals surface area contributed by atoms with Gasteiger partial charge in [-0.15, -0.1) is 0 Å². The van der Waals surface area contributed by atoms with Crippen molar-refractivity contribution in [2.75, 3.05) is 0 Å². The van der Waals surface area contributed by atoms with Crippen molar-refractivity contribution >= 4 is 22.8 Å². The summed E-state index contributed by atoms with van der Waals surface area (Å²) in [5.41, 5.74) is 1.58. The highest BCUT2D eigenvalue weighted by Crippen LogP contribution is 2.30. The van der Waals surface area contributed by atoms with Crippen LogP contribution in [-0.4, -0.2) is 27.1 Å². The molecule has 0 saturated carbocycles. The van der Waals surface area contributed by atoms with Gasteiger partial charge in [0.2, 0.25) is 0 Å². The molecule has 0 radical (unpaired) electrons. The Bertz CT molecular complexity index is 588. The van der Waals surface area contributed by atoms with Crippen LogP contribution >= 0.6 is 0 Å². The van der Waals surface area contributed by atoms with Gasteiger partial charge in [0.25, 0.3) is 0 Å². The Kier molecular flexibility index (Phi) is 3.06. The van der Waals surface area contributed by atoms with Crippen LogP contribution in [0.15, 0.2) is 30.5 Å². The fourth-order valence-electron chi connectivity index (χ4n) is 2.18. The second-order valence-corrected chi connectivity index (χ2v) is 4.23. The van der Waals surface area contributed by atoms with E-state index in [1.54, 1.807) is 13.1 Å². The number of nitrogens with one attached hydrogen (secondary N) is 1. The van der Waals surface area contributed by atoms with E-state index in [2.05, 4.69) is 4.98 Å². The molecule has 0 aliphatic heterocycles. The zero-order valence-corrected chi connectivity index (χ0v) is 9.75. The number of para-hydroxylation sites is 1. The van der Waals surface area contributed by atoms with E-state index in [9.17, 15) is 9.59 Å². The van der Waals surface area contributed by atoms with E-state index in [1.165, 1.54) is 0 Å². The summed E-state index contributed by atoms with van der Waals surface area (Å²) < 4.78 is 0. The topological polar surface area (TPSA) is 90.4 Å². The molecule has 94 valence electrons. The first-order chi connectivity index (χ1) is 8.52. The molecular formula is C13H13NO4. The second-order valence-electron chi connectivity index (χ2n) is 4.23. The van der Waals surface area contributed by atoms with Crippen LogP contribution in [0.1, 0.15) is 18.4 Å². The number of aromatic nitrogens is 1. The number of carboxylic acids is 2. The molecule has 1 aromatic heterocycles. The van der Waals surface area contributed by atoms with E-state index in [0.29, 0.717) is 5.56 Å². The maximum Gasteiger partial charge on any atom is 0.318 e. The highest BCUT2D eigenvalue weighted by molar-refractivity contribution is 5.95. The monoisotopic (exact) mass is 247 g/mol. The van der Waals surface area contributed by atoms with E-state index in [-0.39, 0.29) is 0 Å². The number of hydrogen-bond donors (Lipinski definition) is 3. The summed E-state index contributed by atoms with van der Waals surface area (Å²) >= 11 is 0. The summed E-state index contributed by atoms with van der Waals surface area (Å²) in [6.07, 6.45) is 1.67. The van der Waals surface area contributed by atoms with Gasteiger partial charge in [0, 0.05) is 23.0 Å². The van der Waals surface area contributed by atoms with E-state index in [1.807, 2.05) is 24.3 Å². The Morgan fingerprint density at radius 2 is 1.78 bits per heavy atom. The molecule has 0 fully saturated rings. The lowest BCUT2D eigenvalue weighted by molar-refractivity contribution is -0.155. The van der Waals surface area contributed by atoms with E-state index < -0.39 is 23.8 Å². The molecule has 18 heavy (non-hydrogen) atoms. The number of benzene rings is 1. The smallest absolute Gasteiger partial charge is 0.318 e. The van der Waals surface area contributed by atoms with Crippen LogP contribution in [-0.2, 0) is 9.59 Å². The Hall–Kier alpha value is -2.30. The number of carboxylic acid groups (broad SMARTS) is 2. The van der Waals surface area contributed by atoms with Crippen molar-refractivity contribution in [2.24, 2.45) is 5.92 Å². The molecule has 1 atom stereocenters. The third-order valence-corrected chi connectivity index (χ3v) is 3.14. The normalized spacial score (nSPS) is 12.8. The third-order valence-electron chi connectivity index (χ3n) is 3.14. The van der Waals surface area contributed by atoms with Crippen LogP contribution in [0.25, 0.3) is 10.9 Å². The lowest BCUT2D eigenvalue weighted by Crippen LogP contribution is -2.28. The summed E-state index contributed by atoms with van der Waals surface area (Å²) in [7, 11) is 0. The van der Waals surface area contributed by atoms with Gasteiger partial charge in [-0.3, -0.25) is 9.59 Å². The molecule has 0 aliphatic carbocycles. The molecule has 1 heterocycles. The summed E-state index contributed by atoms with van der Waals surface area (Å²) in [6, 6.07) is 7.41. The summed E-state index contributed by atoms with van der Waals surface area (Å²) in [5, 5.41) is 18.8. The second kappa shape index (κ2) is 4.52. The Balaban J connectivity index is 2.47. The Labute approximate surface area is 103 Å². The number of H-pyrrole nitrogens is 1. The minimum Gasteiger partial charge on any atom is -0.481 e. The fourth-order valence-corrected chi connectivity index (χ4v) is 2.18. The van der Waals surface area contributed by atoms with E-state index in [0.717, 1.165) is 10.9 Å². The van der Waals surface area contributed by atoms with Gasteiger partial charge in [-0.2, -0.15) is 0 Å². The van der Waals surface area contributed by atoms with Gasteiger partial charge in [-0.25, -0.2) is 0 Å². The zero-order chi connectivity index (χ0) is 13.3. The van der Waals surface area contributed by atoms with Gasteiger partial charge in [0.05, 0.1) is 0 Å². The van der Waals surface area contributed by atoms with Gasteiger partial charge < -0.3 is 15.2 Å². The molecule has 2 aromatic rings. The SMILES string of the molecule is CC(c1c[nH]c2ccccc12)C(C(=O)O)C(=O)O. The number of aromatic amines is 1. The van der Waals surface area contributed by atoms with Gasteiger partial charge in [-0.05, 0) is 11.6 Å². The van der Waals surface area contributed by atoms with Gasteiger partial charge in [0.15, 0.2) is 5.92 Å². The number of hydrogen-bond acceptors (Lipinski definition) is 2. The largest absolute Gasteiger partial charge is 0.481 e. The van der Waals surface area contributed by atoms with E-state index >= 15 is 0 Å². The Morgan fingerprint density at radius 3 is 2.39 bits per heavy atom. The van der Waals surface area contributed by atoms with Gasteiger partial charge >= 0.3 is 11.9 Å². The molecule has 0 amide bonds. The maximum atomic E-state index is 11.0. The summed E-state index contributed by atoms with van der Waals surface area (Å²) in [6.45, 7) is 1.61. The van der Waals surface area contributed by atoms with Gasteiger partial charge in [-0.1, -0.05) is 25.1 Å². The average Bonchev–Trinajstić information content (AvgIpc) is 2.71. The van der Waals surface area contributed by atoms with E-state index in [4.69, 9.17) is 10.2 Å². The lowest BCUT2D eigenvalue weighted by Gasteiger charge is -2.15. The molecule has 0 aliphatic rings. The predicted octanol–water partition coefficient (Wildman–Crippen LogP) is 2.06. The Morgan fingerprint density at radius 1 is 1.17 bits per heavy atom. The molecule has 2 rings (SSSR count). The molecule has 5 nitrogen and oxygen atoms in total. The van der Waals surface area contributed by atoms with Crippen molar-refractivity contribution in [3.8, 4) is 0 Å². The summed E-state index contributed by atoms with van der Waals surface area (Å²) in [5.74, 6) is -4.68. The van der Waals surface area contributed by atoms with Crippen LogP contribution in [0.3, 0.4) is 0 Å².